The van der Waals surface area contributed by atoms with Gasteiger partial charge in [-0.05, 0) is 39.3 Å². The van der Waals surface area contributed by atoms with Gasteiger partial charge in [-0.15, -0.1) is 0 Å². The molecule has 0 aromatic heterocycles. The van der Waals surface area contributed by atoms with Crippen LogP contribution in [0.15, 0.2) is 0 Å². The SMILES string of the molecule is CNCCCN(C)C(=O)N1CCCCC1CC(=O)O. The van der Waals surface area contributed by atoms with Gasteiger partial charge < -0.3 is 20.2 Å². The van der Waals surface area contributed by atoms with Gasteiger partial charge in [-0.1, -0.05) is 0 Å². The third kappa shape index (κ3) is 5.06. The van der Waals surface area contributed by atoms with Gasteiger partial charge in [0, 0.05) is 26.2 Å². The minimum atomic E-state index is -0.831. The molecule has 1 saturated heterocycles. The van der Waals surface area contributed by atoms with E-state index in [2.05, 4.69) is 5.32 Å². The molecule has 110 valence electrons. The number of rotatable bonds is 6. The molecule has 1 fully saturated rings. The summed E-state index contributed by atoms with van der Waals surface area (Å²) in [5.41, 5.74) is 0. The number of piperidine rings is 1. The molecule has 0 spiro atoms. The average molecular weight is 271 g/mol. The summed E-state index contributed by atoms with van der Waals surface area (Å²) in [7, 11) is 3.67. The van der Waals surface area contributed by atoms with Gasteiger partial charge in [0.05, 0.1) is 6.42 Å². The quantitative estimate of drug-likeness (QED) is 0.706. The van der Waals surface area contributed by atoms with Crippen molar-refractivity contribution in [1.82, 2.24) is 15.1 Å². The van der Waals surface area contributed by atoms with Crippen LogP contribution in [-0.4, -0.2) is 66.7 Å². The van der Waals surface area contributed by atoms with Crippen LogP contribution in [0.25, 0.3) is 0 Å². The van der Waals surface area contributed by atoms with E-state index in [9.17, 15) is 9.59 Å². The molecule has 0 aliphatic carbocycles. The van der Waals surface area contributed by atoms with Crippen molar-refractivity contribution in [2.24, 2.45) is 0 Å². The molecule has 1 rings (SSSR count). The highest BCUT2D eigenvalue weighted by atomic mass is 16.4. The summed E-state index contributed by atoms with van der Waals surface area (Å²) in [5, 5.41) is 12.0. The number of nitrogens with one attached hydrogen (secondary N) is 1. The summed E-state index contributed by atoms with van der Waals surface area (Å²) >= 11 is 0. The van der Waals surface area contributed by atoms with Crippen molar-refractivity contribution < 1.29 is 14.7 Å². The molecule has 0 aromatic rings. The van der Waals surface area contributed by atoms with E-state index in [-0.39, 0.29) is 18.5 Å². The van der Waals surface area contributed by atoms with Gasteiger partial charge in [-0.2, -0.15) is 0 Å². The first-order chi connectivity index (χ1) is 9.06. The van der Waals surface area contributed by atoms with Crippen molar-refractivity contribution in [2.45, 2.75) is 38.1 Å². The predicted octanol–water partition coefficient (Wildman–Crippen LogP) is 0.977. The molecule has 1 unspecified atom stereocenters. The zero-order valence-electron chi connectivity index (χ0n) is 11.9. The number of carboxylic acids is 1. The summed E-state index contributed by atoms with van der Waals surface area (Å²) in [4.78, 5) is 26.6. The molecule has 0 saturated carbocycles. The van der Waals surface area contributed by atoms with Gasteiger partial charge in [-0.3, -0.25) is 4.79 Å². The summed E-state index contributed by atoms with van der Waals surface area (Å²) in [6, 6.07) is -0.187. The van der Waals surface area contributed by atoms with Crippen LogP contribution in [0.5, 0.6) is 0 Å². The highest BCUT2D eigenvalue weighted by Crippen LogP contribution is 2.21. The van der Waals surface area contributed by atoms with Gasteiger partial charge in [0.1, 0.15) is 0 Å². The molecule has 6 nitrogen and oxygen atoms in total. The lowest BCUT2D eigenvalue weighted by atomic mass is 10.00. The highest BCUT2D eigenvalue weighted by Gasteiger charge is 2.29. The molecule has 6 heteroatoms. The lowest BCUT2D eigenvalue weighted by molar-refractivity contribution is -0.138. The molecule has 0 bridgehead atoms. The smallest absolute Gasteiger partial charge is 0.320 e. The van der Waals surface area contributed by atoms with E-state index in [0.717, 1.165) is 32.2 Å². The number of urea groups is 1. The average Bonchev–Trinajstić information content (AvgIpc) is 2.38. The number of carboxylic acid groups (broad SMARTS) is 1. The Morgan fingerprint density at radius 3 is 2.79 bits per heavy atom. The summed E-state index contributed by atoms with van der Waals surface area (Å²) in [5.74, 6) is -0.831. The fraction of sp³-hybridized carbons (Fsp3) is 0.846. The van der Waals surface area contributed by atoms with Crippen LogP contribution < -0.4 is 5.32 Å². The van der Waals surface area contributed by atoms with Gasteiger partial charge >= 0.3 is 12.0 Å². The lowest BCUT2D eigenvalue weighted by Gasteiger charge is -2.37. The largest absolute Gasteiger partial charge is 0.481 e. The van der Waals surface area contributed by atoms with Crippen molar-refractivity contribution in [2.75, 3.05) is 33.7 Å². The van der Waals surface area contributed by atoms with E-state index in [4.69, 9.17) is 5.11 Å². The lowest BCUT2D eigenvalue weighted by Crippen LogP contribution is -2.50. The maximum absolute atomic E-state index is 12.3. The fourth-order valence-corrected chi connectivity index (χ4v) is 2.47. The van der Waals surface area contributed by atoms with E-state index in [0.29, 0.717) is 13.1 Å². The molecule has 0 aromatic carbocycles. The van der Waals surface area contributed by atoms with E-state index in [1.54, 1.807) is 16.8 Å². The highest BCUT2D eigenvalue weighted by molar-refractivity contribution is 5.76. The first-order valence-electron chi connectivity index (χ1n) is 6.94. The van der Waals surface area contributed by atoms with Crippen LogP contribution in [0.3, 0.4) is 0 Å². The van der Waals surface area contributed by atoms with Crippen LogP contribution in [0.1, 0.15) is 32.1 Å². The van der Waals surface area contributed by atoms with Gasteiger partial charge in [0.25, 0.3) is 0 Å². The number of nitrogens with zero attached hydrogens (tertiary/aromatic N) is 2. The summed E-state index contributed by atoms with van der Waals surface area (Å²) in [6.45, 7) is 2.24. The van der Waals surface area contributed by atoms with Crippen LogP contribution in [0.4, 0.5) is 4.79 Å². The Balaban J connectivity index is 2.53. The topological polar surface area (TPSA) is 72.9 Å². The molecule has 1 atom stereocenters. The zero-order valence-corrected chi connectivity index (χ0v) is 11.9. The van der Waals surface area contributed by atoms with Crippen molar-refractivity contribution >= 4 is 12.0 Å². The molecule has 2 N–H and O–H groups in total. The number of amides is 2. The van der Waals surface area contributed by atoms with E-state index < -0.39 is 5.97 Å². The molecule has 19 heavy (non-hydrogen) atoms. The second-order valence-electron chi connectivity index (χ2n) is 5.10. The van der Waals surface area contributed by atoms with Gasteiger partial charge in [0.2, 0.25) is 0 Å². The third-order valence-corrected chi connectivity index (χ3v) is 3.53. The fourth-order valence-electron chi connectivity index (χ4n) is 2.47. The molecule has 1 aliphatic heterocycles. The number of hydrogen-bond donors (Lipinski definition) is 2. The molecule has 0 radical (unpaired) electrons. The number of carbonyl (C=O) groups is 2. The minimum absolute atomic E-state index is 0.0398. The molecular weight excluding hydrogens is 246 g/mol. The Morgan fingerprint density at radius 2 is 2.16 bits per heavy atom. The zero-order chi connectivity index (χ0) is 14.3. The van der Waals surface area contributed by atoms with Crippen LogP contribution in [0.2, 0.25) is 0 Å². The van der Waals surface area contributed by atoms with E-state index in [1.165, 1.54) is 0 Å². The number of aliphatic carboxylic acids is 1. The number of carbonyl (C=O) groups excluding carboxylic acids is 1. The monoisotopic (exact) mass is 271 g/mol. The van der Waals surface area contributed by atoms with E-state index >= 15 is 0 Å². The van der Waals surface area contributed by atoms with Crippen molar-refractivity contribution in [3.05, 3.63) is 0 Å². The normalized spacial score (nSPS) is 19.3. The summed E-state index contributed by atoms with van der Waals surface area (Å²) < 4.78 is 0. The Hall–Kier alpha value is -1.30. The Kier molecular flexibility index (Phi) is 6.62. The maximum atomic E-state index is 12.3. The first kappa shape index (κ1) is 15.8. The molecular formula is C13H25N3O3. The van der Waals surface area contributed by atoms with Crippen molar-refractivity contribution in [3.63, 3.8) is 0 Å². The number of likely N-dealkylation sites (tertiary alicyclic amines) is 1. The standard InChI is InChI=1S/C13H25N3O3/c1-14-7-5-8-15(2)13(19)16-9-4-3-6-11(16)10-12(17)18/h11,14H,3-10H2,1-2H3,(H,17,18). The first-order valence-corrected chi connectivity index (χ1v) is 6.94. The Morgan fingerprint density at radius 1 is 1.42 bits per heavy atom. The van der Waals surface area contributed by atoms with Gasteiger partial charge in [0.15, 0.2) is 0 Å². The predicted molar refractivity (Wildman–Crippen MR) is 73.2 cm³/mol. The van der Waals surface area contributed by atoms with Crippen LogP contribution in [0, 0.1) is 0 Å². The van der Waals surface area contributed by atoms with Crippen LogP contribution >= 0.6 is 0 Å². The summed E-state index contributed by atoms with van der Waals surface area (Å²) in [6.07, 6.45) is 3.71. The Labute approximate surface area is 114 Å². The van der Waals surface area contributed by atoms with Crippen molar-refractivity contribution in [1.29, 1.82) is 0 Å². The van der Waals surface area contributed by atoms with Gasteiger partial charge in [-0.25, -0.2) is 4.79 Å². The second kappa shape index (κ2) is 7.99. The molecule has 1 aliphatic rings. The maximum Gasteiger partial charge on any atom is 0.320 e. The Bertz CT molecular complexity index is 310. The molecule has 2 amide bonds. The molecule has 1 heterocycles. The van der Waals surface area contributed by atoms with Crippen LogP contribution in [-0.2, 0) is 4.79 Å². The van der Waals surface area contributed by atoms with Crippen molar-refractivity contribution in [3.8, 4) is 0 Å². The second-order valence-corrected chi connectivity index (χ2v) is 5.10. The minimum Gasteiger partial charge on any atom is -0.481 e. The van der Waals surface area contributed by atoms with E-state index in [1.807, 2.05) is 7.05 Å². The third-order valence-electron chi connectivity index (χ3n) is 3.53. The number of hydrogen-bond acceptors (Lipinski definition) is 3.